The van der Waals surface area contributed by atoms with Crippen molar-refractivity contribution in [2.75, 3.05) is 32.0 Å². The lowest BCUT2D eigenvalue weighted by Crippen LogP contribution is -2.38. The van der Waals surface area contributed by atoms with Crippen LogP contribution in [0.3, 0.4) is 0 Å². The summed E-state index contributed by atoms with van der Waals surface area (Å²) in [5.41, 5.74) is 0.857. The predicted octanol–water partition coefficient (Wildman–Crippen LogP) is 6.27. The number of carbonyl (C=O) groups excluding carboxylic acids is 1. The summed E-state index contributed by atoms with van der Waals surface area (Å²) in [6.07, 6.45) is -3.24. The van der Waals surface area contributed by atoms with E-state index >= 15 is 0 Å². The number of carbonyl (C=O) groups is 1. The SMILES string of the molecule is COc1cc(OC)c(C(=O)N2CCC(c3ccc(Oc4ccc(C(F)(F)F)nn4)cc3)CC2)cc1NS(=O)(=O)Cc1ccccc1. The van der Waals surface area contributed by atoms with Crippen molar-refractivity contribution >= 4 is 21.6 Å². The van der Waals surface area contributed by atoms with Gasteiger partial charge < -0.3 is 19.1 Å². The van der Waals surface area contributed by atoms with Gasteiger partial charge in [0.1, 0.15) is 17.2 Å². The van der Waals surface area contributed by atoms with E-state index in [-0.39, 0.29) is 46.2 Å². The highest BCUT2D eigenvalue weighted by Gasteiger charge is 2.33. The summed E-state index contributed by atoms with van der Waals surface area (Å²) in [4.78, 5) is 15.4. The van der Waals surface area contributed by atoms with Crippen LogP contribution in [-0.4, -0.2) is 56.7 Å². The number of rotatable bonds is 10. The molecule has 4 aromatic rings. The summed E-state index contributed by atoms with van der Waals surface area (Å²) < 4.78 is 83.0. The molecule has 0 radical (unpaired) electrons. The summed E-state index contributed by atoms with van der Waals surface area (Å²) in [5, 5.41) is 6.64. The van der Waals surface area contributed by atoms with Crippen molar-refractivity contribution in [3.8, 4) is 23.1 Å². The van der Waals surface area contributed by atoms with Crippen molar-refractivity contribution in [1.82, 2.24) is 15.1 Å². The largest absolute Gasteiger partial charge is 0.496 e. The van der Waals surface area contributed by atoms with Crippen LogP contribution < -0.4 is 18.9 Å². The second-order valence-electron chi connectivity index (χ2n) is 10.6. The van der Waals surface area contributed by atoms with Crippen molar-refractivity contribution in [2.24, 2.45) is 0 Å². The highest BCUT2D eigenvalue weighted by Crippen LogP contribution is 2.36. The number of sulfonamides is 1. The number of nitrogens with zero attached hydrogens (tertiary/aromatic N) is 3. The van der Waals surface area contributed by atoms with E-state index in [1.807, 2.05) is 12.1 Å². The minimum absolute atomic E-state index is 0.0614. The molecule has 1 N–H and O–H groups in total. The van der Waals surface area contributed by atoms with E-state index in [1.54, 1.807) is 47.4 Å². The summed E-state index contributed by atoms with van der Waals surface area (Å²) in [5.74, 6) is 0.395. The van der Waals surface area contributed by atoms with Crippen molar-refractivity contribution in [1.29, 1.82) is 0 Å². The quantitative estimate of drug-likeness (QED) is 0.212. The molecule has 3 aromatic carbocycles. The third-order valence-corrected chi connectivity index (χ3v) is 8.75. The van der Waals surface area contributed by atoms with Crippen LogP contribution in [0.2, 0.25) is 0 Å². The van der Waals surface area contributed by atoms with E-state index in [9.17, 15) is 26.4 Å². The average molecular weight is 657 g/mol. The van der Waals surface area contributed by atoms with Gasteiger partial charge in [0.2, 0.25) is 15.9 Å². The van der Waals surface area contributed by atoms with Gasteiger partial charge in [0.25, 0.3) is 5.91 Å². The maximum Gasteiger partial charge on any atom is 0.435 e. The molecular weight excluding hydrogens is 625 g/mol. The monoisotopic (exact) mass is 656 g/mol. The number of ether oxygens (including phenoxy) is 3. The minimum Gasteiger partial charge on any atom is -0.496 e. The lowest BCUT2D eigenvalue weighted by molar-refractivity contribution is -0.141. The first kappa shape index (κ1) is 32.5. The standard InChI is InChI=1S/C32H31F3N4O6S/c1-43-27-19-28(44-2)26(38-46(41,42)20-21-6-4-3-5-7-21)18-25(27)31(40)39-16-14-23(15-17-39)22-8-10-24(11-9-22)45-30-13-12-29(36-37-30)32(33,34)35/h3-13,18-19,23,38H,14-17,20H2,1-2H3. The summed E-state index contributed by atoms with van der Waals surface area (Å²) in [6, 6.07) is 20.7. The molecule has 10 nitrogen and oxygen atoms in total. The van der Waals surface area contributed by atoms with Gasteiger partial charge in [0.05, 0.1) is 31.2 Å². The van der Waals surface area contributed by atoms with E-state index in [1.165, 1.54) is 26.4 Å². The van der Waals surface area contributed by atoms with Crippen LogP contribution in [0, 0.1) is 0 Å². The Balaban J connectivity index is 1.23. The van der Waals surface area contributed by atoms with Gasteiger partial charge in [-0.1, -0.05) is 42.5 Å². The first-order chi connectivity index (χ1) is 22.0. The summed E-state index contributed by atoms with van der Waals surface area (Å²) in [6.45, 7) is 0.903. The van der Waals surface area contributed by atoms with E-state index in [4.69, 9.17) is 14.2 Å². The zero-order valence-electron chi connectivity index (χ0n) is 25.0. The van der Waals surface area contributed by atoms with Gasteiger partial charge in [0.15, 0.2) is 5.69 Å². The molecule has 1 aliphatic rings. The van der Waals surface area contributed by atoms with Gasteiger partial charge in [-0.25, -0.2) is 8.42 Å². The number of benzene rings is 3. The maximum atomic E-state index is 13.7. The third-order valence-electron chi connectivity index (χ3n) is 7.50. The molecule has 0 atom stereocenters. The zero-order chi connectivity index (χ0) is 32.9. The number of halogens is 3. The Hall–Kier alpha value is -4.85. The van der Waals surface area contributed by atoms with Gasteiger partial charge in [-0.15, -0.1) is 10.2 Å². The smallest absolute Gasteiger partial charge is 0.435 e. The number of alkyl halides is 3. The zero-order valence-corrected chi connectivity index (χ0v) is 25.8. The maximum absolute atomic E-state index is 13.7. The number of anilines is 1. The molecule has 0 spiro atoms. The number of piperidine rings is 1. The average Bonchev–Trinajstić information content (AvgIpc) is 3.04. The molecule has 1 saturated heterocycles. The van der Waals surface area contributed by atoms with Gasteiger partial charge in [-0.2, -0.15) is 13.2 Å². The number of nitrogens with one attached hydrogen (secondary N) is 1. The van der Waals surface area contributed by atoms with Gasteiger partial charge >= 0.3 is 6.18 Å². The molecule has 1 amide bonds. The van der Waals surface area contributed by atoms with E-state index < -0.39 is 21.9 Å². The molecule has 1 aromatic heterocycles. The van der Waals surface area contributed by atoms with Gasteiger partial charge in [-0.3, -0.25) is 9.52 Å². The number of likely N-dealkylation sites (tertiary alicyclic amines) is 1. The molecule has 0 aliphatic carbocycles. The second-order valence-corrected chi connectivity index (χ2v) is 12.3. The fourth-order valence-electron chi connectivity index (χ4n) is 5.18. The van der Waals surface area contributed by atoms with Crippen LogP contribution in [0.1, 0.15) is 45.9 Å². The van der Waals surface area contributed by atoms with Crippen LogP contribution in [-0.2, 0) is 22.0 Å². The summed E-state index contributed by atoms with van der Waals surface area (Å²) in [7, 11) is -1.000. The Kier molecular flexibility index (Phi) is 9.65. The molecule has 0 unspecified atom stereocenters. The van der Waals surface area contributed by atoms with E-state index in [0.29, 0.717) is 37.2 Å². The molecule has 2 heterocycles. The molecule has 0 saturated carbocycles. The molecule has 242 valence electrons. The van der Waals surface area contributed by atoms with E-state index in [0.717, 1.165) is 17.7 Å². The van der Waals surface area contributed by atoms with E-state index in [2.05, 4.69) is 14.9 Å². The molecule has 46 heavy (non-hydrogen) atoms. The van der Waals surface area contributed by atoms with Crippen LogP contribution in [0.25, 0.3) is 0 Å². The normalized spacial score (nSPS) is 14.1. The van der Waals surface area contributed by atoms with Gasteiger partial charge in [-0.05, 0) is 54.2 Å². The molecular formula is C32H31F3N4O6S. The van der Waals surface area contributed by atoms with Crippen LogP contribution in [0.5, 0.6) is 23.1 Å². The molecule has 1 fully saturated rings. The van der Waals surface area contributed by atoms with Crippen LogP contribution in [0.15, 0.2) is 78.9 Å². The minimum atomic E-state index is -4.58. The highest BCUT2D eigenvalue weighted by atomic mass is 32.2. The first-order valence-corrected chi connectivity index (χ1v) is 15.9. The highest BCUT2D eigenvalue weighted by molar-refractivity contribution is 7.91. The third kappa shape index (κ3) is 7.86. The lowest BCUT2D eigenvalue weighted by atomic mass is 9.89. The Morgan fingerprint density at radius 2 is 1.59 bits per heavy atom. The Bertz CT molecular complexity index is 1760. The number of amides is 1. The topological polar surface area (TPSA) is 120 Å². The first-order valence-electron chi connectivity index (χ1n) is 14.2. The van der Waals surface area contributed by atoms with Crippen molar-refractivity contribution in [2.45, 2.75) is 30.7 Å². The van der Waals surface area contributed by atoms with Crippen molar-refractivity contribution < 1.29 is 40.6 Å². The molecule has 5 rings (SSSR count). The lowest BCUT2D eigenvalue weighted by Gasteiger charge is -2.32. The fraction of sp³-hybridized carbons (Fsp3) is 0.281. The predicted molar refractivity (Wildman–Crippen MR) is 164 cm³/mol. The molecule has 1 aliphatic heterocycles. The Labute approximate surface area is 264 Å². The van der Waals surface area contributed by atoms with Crippen LogP contribution >= 0.6 is 0 Å². The molecule has 0 bridgehead atoms. The number of methoxy groups -OCH3 is 2. The number of hydrogen-bond acceptors (Lipinski definition) is 8. The molecule has 14 heteroatoms. The van der Waals surface area contributed by atoms with Crippen molar-refractivity contribution in [3.63, 3.8) is 0 Å². The number of hydrogen-bond donors (Lipinski definition) is 1. The fourth-order valence-corrected chi connectivity index (χ4v) is 6.38. The summed E-state index contributed by atoms with van der Waals surface area (Å²) >= 11 is 0. The van der Waals surface area contributed by atoms with Crippen LogP contribution in [0.4, 0.5) is 18.9 Å². The Morgan fingerprint density at radius 3 is 2.17 bits per heavy atom. The number of aromatic nitrogens is 2. The van der Waals surface area contributed by atoms with Crippen molar-refractivity contribution in [3.05, 3.63) is 101 Å². The second kappa shape index (κ2) is 13.6. The van der Waals surface area contributed by atoms with Gasteiger partial charge in [0, 0.05) is 25.2 Å². The Morgan fingerprint density at radius 1 is 0.913 bits per heavy atom.